The molecule has 0 atom stereocenters. The number of nitrogens with one attached hydrogen (secondary N) is 1. The lowest BCUT2D eigenvalue weighted by Crippen LogP contribution is -2.08. The fraction of sp³-hybridized carbons (Fsp3) is 0.167. The van der Waals surface area contributed by atoms with Gasteiger partial charge in [0, 0.05) is 17.8 Å². The zero-order valence-corrected chi connectivity index (χ0v) is 9.50. The Morgan fingerprint density at radius 1 is 1.22 bits per heavy atom. The van der Waals surface area contributed by atoms with Crippen molar-refractivity contribution in [2.24, 2.45) is 0 Å². The summed E-state index contributed by atoms with van der Waals surface area (Å²) in [7, 11) is 0. The molecule has 0 aliphatic carbocycles. The van der Waals surface area contributed by atoms with Gasteiger partial charge in [-0.15, -0.1) is 0 Å². The summed E-state index contributed by atoms with van der Waals surface area (Å²) in [4.78, 5) is 21.4. The molecule has 18 heavy (non-hydrogen) atoms. The number of anilines is 1. The highest BCUT2D eigenvalue weighted by atomic mass is 16.5. The number of aliphatic hydroxyl groups is 1. The number of carbonyl (C=O) groups is 2. The minimum Gasteiger partial charge on any atom is -0.491 e. The van der Waals surface area contributed by atoms with E-state index in [4.69, 9.17) is 14.9 Å². The molecule has 0 radical (unpaired) electrons. The van der Waals surface area contributed by atoms with Crippen LogP contribution in [0.3, 0.4) is 0 Å². The first-order valence-electron chi connectivity index (χ1n) is 5.17. The lowest BCUT2D eigenvalue weighted by molar-refractivity contribution is -0.131. The average molecular weight is 251 g/mol. The molecule has 0 aliphatic heterocycles. The first-order chi connectivity index (χ1) is 8.61. The van der Waals surface area contributed by atoms with Gasteiger partial charge in [0.05, 0.1) is 6.61 Å². The van der Waals surface area contributed by atoms with Gasteiger partial charge in [0.15, 0.2) is 0 Å². The fourth-order valence-corrected chi connectivity index (χ4v) is 1.13. The largest absolute Gasteiger partial charge is 0.491 e. The number of hydrogen-bond donors (Lipinski definition) is 3. The summed E-state index contributed by atoms with van der Waals surface area (Å²) in [5, 5.41) is 19.4. The number of ether oxygens (including phenoxy) is 1. The lowest BCUT2D eigenvalue weighted by Gasteiger charge is -2.05. The first-order valence-corrected chi connectivity index (χ1v) is 5.17. The van der Waals surface area contributed by atoms with Gasteiger partial charge in [-0.25, -0.2) is 4.79 Å². The van der Waals surface area contributed by atoms with Gasteiger partial charge in [-0.05, 0) is 24.3 Å². The second-order valence-electron chi connectivity index (χ2n) is 3.26. The predicted octanol–water partition coefficient (Wildman–Crippen LogP) is 0.637. The van der Waals surface area contributed by atoms with E-state index in [1.807, 2.05) is 0 Å². The van der Waals surface area contributed by atoms with Crippen molar-refractivity contribution >= 4 is 17.6 Å². The number of amides is 1. The second-order valence-corrected chi connectivity index (χ2v) is 3.26. The first kappa shape index (κ1) is 13.7. The Morgan fingerprint density at radius 2 is 1.89 bits per heavy atom. The zero-order valence-electron chi connectivity index (χ0n) is 9.50. The van der Waals surface area contributed by atoms with Crippen LogP contribution in [0.2, 0.25) is 0 Å². The molecule has 6 nitrogen and oxygen atoms in total. The van der Waals surface area contributed by atoms with E-state index in [2.05, 4.69) is 5.32 Å². The summed E-state index contributed by atoms with van der Waals surface area (Å²) < 4.78 is 5.14. The van der Waals surface area contributed by atoms with Crippen molar-refractivity contribution in [3.63, 3.8) is 0 Å². The van der Waals surface area contributed by atoms with E-state index in [0.29, 0.717) is 11.4 Å². The van der Waals surface area contributed by atoms with Crippen LogP contribution in [-0.2, 0) is 9.59 Å². The number of carboxylic acid groups (broad SMARTS) is 1. The maximum absolute atomic E-state index is 11.2. The lowest BCUT2D eigenvalue weighted by atomic mass is 10.3. The zero-order chi connectivity index (χ0) is 13.4. The molecule has 0 bridgehead atoms. The van der Waals surface area contributed by atoms with Crippen molar-refractivity contribution in [3.8, 4) is 5.75 Å². The Hall–Kier alpha value is -2.34. The Bertz CT molecular complexity index is 438. The van der Waals surface area contributed by atoms with E-state index < -0.39 is 11.9 Å². The molecule has 6 heteroatoms. The molecule has 0 saturated carbocycles. The smallest absolute Gasteiger partial charge is 0.328 e. The van der Waals surface area contributed by atoms with Gasteiger partial charge in [-0.2, -0.15) is 0 Å². The molecule has 0 spiro atoms. The summed E-state index contributed by atoms with van der Waals surface area (Å²) in [6, 6.07) is 6.48. The van der Waals surface area contributed by atoms with E-state index in [1.165, 1.54) is 0 Å². The maximum atomic E-state index is 11.2. The SMILES string of the molecule is O=C(O)/C=C\C(=O)Nc1ccc(OCCO)cc1. The average Bonchev–Trinajstić information content (AvgIpc) is 2.35. The molecule has 3 N–H and O–H groups in total. The van der Waals surface area contributed by atoms with Crippen LogP contribution < -0.4 is 10.1 Å². The van der Waals surface area contributed by atoms with E-state index in [0.717, 1.165) is 12.2 Å². The Labute approximate surface area is 104 Å². The molecule has 0 fully saturated rings. The molecule has 1 aromatic rings. The molecule has 1 rings (SSSR count). The van der Waals surface area contributed by atoms with Crippen LogP contribution in [0.5, 0.6) is 5.75 Å². The highest BCUT2D eigenvalue weighted by molar-refractivity contribution is 6.02. The number of rotatable bonds is 6. The van der Waals surface area contributed by atoms with Crippen molar-refractivity contribution < 1.29 is 24.5 Å². The van der Waals surface area contributed by atoms with E-state index >= 15 is 0 Å². The Morgan fingerprint density at radius 3 is 2.44 bits per heavy atom. The van der Waals surface area contributed by atoms with Gasteiger partial charge in [-0.1, -0.05) is 0 Å². The fourth-order valence-electron chi connectivity index (χ4n) is 1.13. The number of carbonyl (C=O) groups excluding carboxylic acids is 1. The van der Waals surface area contributed by atoms with Gasteiger partial charge in [0.25, 0.3) is 0 Å². The minimum absolute atomic E-state index is 0.0710. The third-order valence-electron chi connectivity index (χ3n) is 1.86. The Balaban J connectivity index is 2.53. The van der Waals surface area contributed by atoms with Gasteiger partial charge < -0.3 is 20.3 Å². The molecule has 0 saturated heterocycles. The number of aliphatic carboxylic acids is 1. The molecule has 0 aliphatic rings. The van der Waals surface area contributed by atoms with Gasteiger partial charge in [-0.3, -0.25) is 4.79 Å². The standard InChI is InChI=1S/C12H13NO5/c14-7-8-18-10-3-1-9(2-4-10)13-11(15)5-6-12(16)17/h1-6,14H,7-8H2,(H,13,15)(H,16,17)/b6-5-. The van der Waals surface area contributed by atoms with Crippen LogP contribution in [0.1, 0.15) is 0 Å². The number of hydrogen-bond acceptors (Lipinski definition) is 4. The molecule has 96 valence electrons. The molecule has 0 aromatic heterocycles. The summed E-state index contributed by atoms with van der Waals surface area (Å²) >= 11 is 0. The summed E-state index contributed by atoms with van der Waals surface area (Å²) in [5.41, 5.74) is 0.520. The van der Waals surface area contributed by atoms with Crippen LogP contribution in [0.25, 0.3) is 0 Å². The van der Waals surface area contributed by atoms with E-state index in [9.17, 15) is 9.59 Å². The summed E-state index contributed by atoms with van der Waals surface area (Å²) in [6.45, 7) is 0.130. The third-order valence-corrected chi connectivity index (χ3v) is 1.86. The molecule has 0 unspecified atom stereocenters. The van der Waals surface area contributed by atoms with Crippen molar-refractivity contribution in [1.29, 1.82) is 0 Å². The topological polar surface area (TPSA) is 95.9 Å². The maximum Gasteiger partial charge on any atom is 0.328 e. The Kier molecular flexibility index (Phi) is 5.40. The monoisotopic (exact) mass is 251 g/mol. The molecule has 1 aromatic carbocycles. The van der Waals surface area contributed by atoms with Crippen molar-refractivity contribution in [1.82, 2.24) is 0 Å². The van der Waals surface area contributed by atoms with Crippen molar-refractivity contribution in [2.75, 3.05) is 18.5 Å². The van der Waals surface area contributed by atoms with Gasteiger partial charge >= 0.3 is 5.97 Å². The van der Waals surface area contributed by atoms with Crippen molar-refractivity contribution in [3.05, 3.63) is 36.4 Å². The number of carboxylic acids is 1. The van der Waals surface area contributed by atoms with Crippen LogP contribution in [-0.4, -0.2) is 35.3 Å². The molecular weight excluding hydrogens is 238 g/mol. The number of aliphatic hydroxyl groups excluding tert-OH is 1. The summed E-state index contributed by atoms with van der Waals surface area (Å²) in [5.74, 6) is -1.14. The highest BCUT2D eigenvalue weighted by Gasteiger charge is 1.99. The molecule has 0 heterocycles. The minimum atomic E-state index is -1.18. The van der Waals surface area contributed by atoms with E-state index in [-0.39, 0.29) is 13.2 Å². The second kappa shape index (κ2) is 7.08. The quantitative estimate of drug-likeness (QED) is 0.645. The van der Waals surface area contributed by atoms with Crippen LogP contribution in [0.4, 0.5) is 5.69 Å². The molecule has 1 amide bonds. The van der Waals surface area contributed by atoms with Gasteiger partial charge in [0.1, 0.15) is 12.4 Å². The van der Waals surface area contributed by atoms with Crippen molar-refractivity contribution in [2.45, 2.75) is 0 Å². The van der Waals surface area contributed by atoms with Crippen LogP contribution in [0, 0.1) is 0 Å². The molecular formula is C12H13NO5. The van der Waals surface area contributed by atoms with E-state index in [1.54, 1.807) is 24.3 Å². The predicted molar refractivity (Wildman–Crippen MR) is 64.4 cm³/mol. The van der Waals surface area contributed by atoms with Gasteiger partial charge in [0.2, 0.25) is 5.91 Å². The third kappa shape index (κ3) is 5.13. The number of benzene rings is 1. The van der Waals surface area contributed by atoms with Crippen LogP contribution >= 0.6 is 0 Å². The normalized spacial score (nSPS) is 10.3. The summed E-state index contributed by atoms with van der Waals surface area (Å²) in [6.07, 6.45) is 1.69. The highest BCUT2D eigenvalue weighted by Crippen LogP contribution is 2.15. The van der Waals surface area contributed by atoms with Crippen LogP contribution in [0.15, 0.2) is 36.4 Å².